The first-order valence-electron chi connectivity index (χ1n) is 7.64. The SMILES string of the molecule is CN1CCN(CCOc2ccc3c(c2)CC[C@@H]3N)CC1. The second-order valence-corrected chi connectivity index (χ2v) is 6.00. The zero-order chi connectivity index (χ0) is 13.9. The Labute approximate surface area is 121 Å². The van der Waals surface area contributed by atoms with E-state index in [0.717, 1.165) is 57.9 Å². The van der Waals surface area contributed by atoms with E-state index in [2.05, 4.69) is 35.0 Å². The van der Waals surface area contributed by atoms with E-state index in [9.17, 15) is 0 Å². The van der Waals surface area contributed by atoms with Crippen LogP contribution in [0.2, 0.25) is 0 Å². The van der Waals surface area contributed by atoms with Crippen molar-refractivity contribution in [2.75, 3.05) is 46.4 Å². The molecule has 1 atom stereocenters. The summed E-state index contributed by atoms with van der Waals surface area (Å²) in [6, 6.07) is 6.60. The predicted octanol–water partition coefficient (Wildman–Crippen LogP) is 1.26. The molecule has 0 radical (unpaired) electrons. The van der Waals surface area contributed by atoms with E-state index in [1.54, 1.807) is 0 Å². The minimum absolute atomic E-state index is 0.226. The van der Waals surface area contributed by atoms with Gasteiger partial charge in [0.25, 0.3) is 0 Å². The van der Waals surface area contributed by atoms with Gasteiger partial charge in [0.1, 0.15) is 12.4 Å². The van der Waals surface area contributed by atoms with Crippen molar-refractivity contribution >= 4 is 0 Å². The van der Waals surface area contributed by atoms with Crippen LogP contribution in [0.15, 0.2) is 18.2 Å². The molecule has 0 bridgehead atoms. The van der Waals surface area contributed by atoms with Gasteiger partial charge in [0.2, 0.25) is 0 Å². The van der Waals surface area contributed by atoms with Crippen LogP contribution >= 0.6 is 0 Å². The summed E-state index contributed by atoms with van der Waals surface area (Å²) >= 11 is 0. The maximum absolute atomic E-state index is 6.05. The van der Waals surface area contributed by atoms with Crippen LogP contribution in [0.25, 0.3) is 0 Å². The molecule has 0 amide bonds. The van der Waals surface area contributed by atoms with Crippen LogP contribution in [-0.4, -0.2) is 56.2 Å². The summed E-state index contributed by atoms with van der Waals surface area (Å²) in [5, 5.41) is 0. The number of ether oxygens (including phenoxy) is 1. The molecule has 1 heterocycles. The zero-order valence-electron chi connectivity index (χ0n) is 12.3. The molecule has 1 aliphatic heterocycles. The summed E-state index contributed by atoms with van der Waals surface area (Å²) in [5.74, 6) is 0.993. The molecular formula is C16H25N3O. The highest BCUT2D eigenvalue weighted by molar-refractivity contribution is 5.40. The van der Waals surface area contributed by atoms with E-state index in [1.165, 1.54) is 11.1 Å². The van der Waals surface area contributed by atoms with Gasteiger partial charge >= 0.3 is 0 Å². The number of nitrogens with two attached hydrogens (primary N) is 1. The van der Waals surface area contributed by atoms with Crippen LogP contribution < -0.4 is 10.5 Å². The summed E-state index contributed by atoms with van der Waals surface area (Å²) in [6.07, 6.45) is 2.16. The topological polar surface area (TPSA) is 41.7 Å². The van der Waals surface area contributed by atoms with Crippen LogP contribution in [-0.2, 0) is 6.42 Å². The average Bonchev–Trinajstić information content (AvgIpc) is 2.82. The number of nitrogens with zero attached hydrogens (tertiary/aromatic N) is 2. The zero-order valence-corrected chi connectivity index (χ0v) is 12.3. The predicted molar refractivity (Wildman–Crippen MR) is 81.1 cm³/mol. The molecule has 4 nitrogen and oxygen atoms in total. The van der Waals surface area contributed by atoms with E-state index in [0.29, 0.717) is 0 Å². The monoisotopic (exact) mass is 275 g/mol. The van der Waals surface area contributed by atoms with Gasteiger partial charge in [0.05, 0.1) is 0 Å². The third kappa shape index (κ3) is 3.14. The lowest BCUT2D eigenvalue weighted by molar-refractivity contribution is 0.133. The van der Waals surface area contributed by atoms with Gasteiger partial charge in [-0.05, 0) is 43.1 Å². The number of hydrogen-bond acceptors (Lipinski definition) is 4. The van der Waals surface area contributed by atoms with Crippen LogP contribution in [0.5, 0.6) is 5.75 Å². The molecule has 4 heteroatoms. The maximum atomic E-state index is 6.05. The van der Waals surface area contributed by atoms with Gasteiger partial charge in [-0.1, -0.05) is 6.07 Å². The van der Waals surface area contributed by atoms with Crippen molar-refractivity contribution in [3.8, 4) is 5.75 Å². The molecule has 0 spiro atoms. The standard InChI is InChI=1S/C16H25N3O/c1-18-6-8-19(9-7-18)10-11-20-14-3-4-15-13(12-14)2-5-16(15)17/h3-4,12,16H,2,5-11,17H2,1H3/t16-/m0/s1. The summed E-state index contributed by atoms with van der Waals surface area (Å²) < 4.78 is 5.90. The minimum Gasteiger partial charge on any atom is -0.492 e. The van der Waals surface area contributed by atoms with Crippen molar-refractivity contribution < 1.29 is 4.74 Å². The van der Waals surface area contributed by atoms with Crippen molar-refractivity contribution in [3.05, 3.63) is 29.3 Å². The molecular weight excluding hydrogens is 250 g/mol. The van der Waals surface area contributed by atoms with Gasteiger partial charge in [-0.3, -0.25) is 4.90 Å². The fourth-order valence-electron chi connectivity index (χ4n) is 3.08. The van der Waals surface area contributed by atoms with Gasteiger partial charge in [-0.2, -0.15) is 0 Å². The second-order valence-electron chi connectivity index (χ2n) is 6.00. The largest absolute Gasteiger partial charge is 0.492 e. The molecule has 3 rings (SSSR count). The highest BCUT2D eigenvalue weighted by Gasteiger charge is 2.19. The number of fused-ring (bicyclic) bond motifs is 1. The minimum atomic E-state index is 0.226. The lowest BCUT2D eigenvalue weighted by Gasteiger charge is -2.32. The fourth-order valence-corrected chi connectivity index (χ4v) is 3.08. The summed E-state index contributed by atoms with van der Waals surface area (Å²) in [7, 11) is 2.18. The van der Waals surface area contributed by atoms with Gasteiger partial charge in [0, 0.05) is 38.8 Å². The van der Waals surface area contributed by atoms with E-state index in [-0.39, 0.29) is 6.04 Å². The molecule has 0 saturated carbocycles. The smallest absolute Gasteiger partial charge is 0.119 e. The molecule has 1 fully saturated rings. The van der Waals surface area contributed by atoms with Gasteiger partial charge < -0.3 is 15.4 Å². The van der Waals surface area contributed by atoms with E-state index < -0.39 is 0 Å². The molecule has 20 heavy (non-hydrogen) atoms. The summed E-state index contributed by atoms with van der Waals surface area (Å²) in [6.45, 7) is 6.42. The van der Waals surface area contributed by atoms with Crippen LogP contribution in [0, 0.1) is 0 Å². The Hall–Kier alpha value is -1.10. The average molecular weight is 275 g/mol. The second kappa shape index (κ2) is 6.12. The molecule has 110 valence electrons. The van der Waals surface area contributed by atoms with Crippen molar-refractivity contribution in [3.63, 3.8) is 0 Å². The first-order chi connectivity index (χ1) is 9.72. The Morgan fingerprint density at radius 3 is 2.85 bits per heavy atom. The third-order valence-electron chi connectivity index (χ3n) is 4.51. The molecule has 2 aliphatic rings. The number of aryl methyl sites for hydroxylation is 1. The number of piperazine rings is 1. The highest BCUT2D eigenvalue weighted by atomic mass is 16.5. The first kappa shape index (κ1) is 13.9. The third-order valence-corrected chi connectivity index (χ3v) is 4.51. The van der Waals surface area contributed by atoms with Gasteiger partial charge in [-0.15, -0.1) is 0 Å². The molecule has 1 aromatic carbocycles. The molecule has 1 saturated heterocycles. The van der Waals surface area contributed by atoms with Gasteiger partial charge in [0.15, 0.2) is 0 Å². The van der Waals surface area contributed by atoms with E-state index in [1.807, 2.05) is 0 Å². The number of hydrogen-bond donors (Lipinski definition) is 1. The Bertz CT molecular complexity index is 455. The van der Waals surface area contributed by atoms with E-state index >= 15 is 0 Å². The Balaban J connectivity index is 1.47. The van der Waals surface area contributed by atoms with Crippen molar-refractivity contribution in [1.29, 1.82) is 0 Å². The molecule has 1 aliphatic carbocycles. The number of rotatable bonds is 4. The Morgan fingerprint density at radius 1 is 1.25 bits per heavy atom. The molecule has 0 unspecified atom stereocenters. The van der Waals surface area contributed by atoms with Crippen LogP contribution in [0.1, 0.15) is 23.6 Å². The lowest BCUT2D eigenvalue weighted by atomic mass is 10.1. The summed E-state index contributed by atoms with van der Waals surface area (Å²) in [5.41, 5.74) is 8.73. The lowest BCUT2D eigenvalue weighted by Crippen LogP contribution is -2.45. The molecule has 2 N–H and O–H groups in total. The van der Waals surface area contributed by atoms with Crippen molar-refractivity contribution in [1.82, 2.24) is 9.80 Å². The van der Waals surface area contributed by atoms with Crippen LogP contribution in [0.3, 0.4) is 0 Å². The number of likely N-dealkylation sites (N-methyl/N-ethyl adjacent to an activating group) is 1. The van der Waals surface area contributed by atoms with Crippen LogP contribution in [0.4, 0.5) is 0 Å². The normalized spacial score (nSPS) is 23.8. The Morgan fingerprint density at radius 2 is 2.05 bits per heavy atom. The maximum Gasteiger partial charge on any atom is 0.119 e. The Kier molecular flexibility index (Phi) is 4.24. The fraction of sp³-hybridized carbons (Fsp3) is 0.625. The molecule has 1 aromatic rings. The van der Waals surface area contributed by atoms with Crippen molar-refractivity contribution in [2.24, 2.45) is 5.73 Å². The van der Waals surface area contributed by atoms with E-state index in [4.69, 9.17) is 10.5 Å². The van der Waals surface area contributed by atoms with Crippen molar-refractivity contribution in [2.45, 2.75) is 18.9 Å². The number of benzene rings is 1. The highest BCUT2D eigenvalue weighted by Crippen LogP contribution is 2.31. The summed E-state index contributed by atoms with van der Waals surface area (Å²) in [4.78, 5) is 4.85. The van der Waals surface area contributed by atoms with Gasteiger partial charge in [-0.25, -0.2) is 0 Å². The molecule has 0 aromatic heterocycles. The first-order valence-corrected chi connectivity index (χ1v) is 7.64. The quantitative estimate of drug-likeness (QED) is 0.898.